The number of piperidine rings is 1. The van der Waals surface area contributed by atoms with Gasteiger partial charge in [-0.15, -0.1) is 0 Å². The molecule has 1 saturated heterocycles. The SMILES string of the molecule is COc1ccc2c3c1O[C@H]1C(=O)CC[C@@]4(O)C(C2)[N+](C)(COC(=O)C(C)(C)C)CC[C@]314. The second-order valence-electron chi connectivity index (χ2n) is 11.0. The van der Waals surface area contributed by atoms with Gasteiger partial charge in [0.1, 0.15) is 11.6 Å². The Hall–Kier alpha value is -2.12. The second-order valence-corrected chi connectivity index (χ2v) is 11.0. The number of likely N-dealkylation sites (N-methyl/N-ethyl adjacent to an activating group) is 1. The smallest absolute Gasteiger partial charge is 0.315 e. The van der Waals surface area contributed by atoms with E-state index in [0.29, 0.717) is 41.8 Å². The molecular formula is C24H32NO6+. The molecule has 1 aromatic carbocycles. The molecular weight excluding hydrogens is 398 g/mol. The molecule has 4 aliphatic rings. The summed E-state index contributed by atoms with van der Waals surface area (Å²) >= 11 is 0. The Bertz CT molecular complexity index is 983. The van der Waals surface area contributed by atoms with Gasteiger partial charge in [0.2, 0.25) is 6.73 Å². The molecule has 7 nitrogen and oxygen atoms in total. The summed E-state index contributed by atoms with van der Waals surface area (Å²) in [6.07, 6.45) is 1.22. The summed E-state index contributed by atoms with van der Waals surface area (Å²) in [6.45, 7) is 6.41. The number of quaternary nitrogens is 1. The number of Topliss-reactive ketones (excluding diaryl/α,β-unsaturated/α-hetero) is 1. The van der Waals surface area contributed by atoms with E-state index in [4.69, 9.17) is 14.2 Å². The van der Waals surface area contributed by atoms with Gasteiger partial charge in [-0.25, -0.2) is 0 Å². The Morgan fingerprint density at radius 2 is 2.06 bits per heavy atom. The minimum absolute atomic E-state index is 0.0461. The minimum Gasteiger partial charge on any atom is -0.493 e. The molecule has 2 unspecified atom stereocenters. The number of carbonyl (C=O) groups excluding carboxylic acids is 2. The highest BCUT2D eigenvalue weighted by molar-refractivity contribution is 5.90. The molecule has 0 aromatic heterocycles. The van der Waals surface area contributed by atoms with E-state index in [-0.39, 0.29) is 30.9 Å². The van der Waals surface area contributed by atoms with Gasteiger partial charge in [0, 0.05) is 24.8 Å². The molecule has 2 bridgehead atoms. The number of benzene rings is 1. The lowest BCUT2D eigenvalue weighted by Crippen LogP contribution is -2.81. The summed E-state index contributed by atoms with van der Waals surface area (Å²) < 4.78 is 18.0. The zero-order chi connectivity index (χ0) is 22.4. The zero-order valence-electron chi connectivity index (χ0n) is 19.0. The number of rotatable bonds is 3. The van der Waals surface area contributed by atoms with Crippen molar-refractivity contribution in [3.63, 3.8) is 0 Å². The minimum atomic E-state index is -1.11. The van der Waals surface area contributed by atoms with Gasteiger partial charge >= 0.3 is 5.97 Å². The first-order valence-corrected chi connectivity index (χ1v) is 11.1. The quantitative estimate of drug-likeness (QED) is 0.584. The van der Waals surface area contributed by atoms with Gasteiger partial charge in [0.15, 0.2) is 23.4 Å². The zero-order valence-corrected chi connectivity index (χ0v) is 19.0. The molecule has 1 saturated carbocycles. The fourth-order valence-corrected chi connectivity index (χ4v) is 6.56. The molecule has 7 heteroatoms. The molecule has 31 heavy (non-hydrogen) atoms. The lowest BCUT2D eigenvalue weighted by Gasteiger charge is -2.63. The van der Waals surface area contributed by atoms with Crippen LogP contribution in [0.2, 0.25) is 0 Å². The maximum absolute atomic E-state index is 13.0. The van der Waals surface area contributed by atoms with E-state index in [2.05, 4.69) is 7.05 Å². The van der Waals surface area contributed by atoms with Crippen molar-refractivity contribution in [2.45, 2.75) is 69.6 Å². The van der Waals surface area contributed by atoms with Gasteiger partial charge in [0.25, 0.3) is 0 Å². The lowest BCUT2D eigenvalue weighted by atomic mass is 9.48. The van der Waals surface area contributed by atoms with Crippen LogP contribution in [0.4, 0.5) is 0 Å². The van der Waals surface area contributed by atoms with Crippen molar-refractivity contribution >= 4 is 11.8 Å². The summed E-state index contributed by atoms with van der Waals surface area (Å²) in [5.41, 5.74) is -0.414. The standard InChI is InChI=1S/C24H32NO6/c1-22(2,3)21(27)30-13-25(4)11-10-23-18-14-6-7-16(29-5)19(18)31-20(23)15(26)8-9-24(23,28)17(25)12-14/h6-7,17,20,28H,8-13H2,1-5H3/q+1/t17?,20-,23-,24+,25?/m0/s1. The number of likely N-dealkylation sites (tertiary alicyclic amines) is 1. The maximum atomic E-state index is 13.0. The molecule has 2 aliphatic heterocycles. The highest BCUT2D eigenvalue weighted by Crippen LogP contribution is 2.65. The van der Waals surface area contributed by atoms with Crippen LogP contribution in [0.3, 0.4) is 0 Å². The normalized spacial score (nSPS) is 37.7. The van der Waals surface area contributed by atoms with Crippen molar-refractivity contribution in [2.24, 2.45) is 5.41 Å². The number of carbonyl (C=O) groups is 2. The number of hydrogen-bond donors (Lipinski definition) is 1. The number of esters is 1. The van der Waals surface area contributed by atoms with Gasteiger partial charge in [-0.05, 0) is 38.8 Å². The average molecular weight is 431 g/mol. The van der Waals surface area contributed by atoms with Crippen molar-refractivity contribution in [2.75, 3.05) is 27.4 Å². The summed E-state index contributed by atoms with van der Waals surface area (Å²) in [5.74, 6) is 1.03. The van der Waals surface area contributed by atoms with Crippen molar-refractivity contribution in [3.05, 3.63) is 23.3 Å². The topological polar surface area (TPSA) is 82.1 Å². The van der Waals surface area contributed by atoms with Crippen LogP contribution in [0.15, 0.2) is 12.1 Å². The van der Waals surface area contributed by atoms with Crippen molar-refractivity contribution in [3.8, 4) is 11.5 Å². The van der Waals surface area contributed by atoms with E-state index in [0.717, 1.165) is 11.1 Å². The molecule has 5 atom stereocenters. The Kier molecular flexibility index (Phi) is 4.17. The maximum Gasteiger partial charge on any atom is 0.315 e. The summed E-state index contributed by atoms with van der Waals surface area (Å²) in [5, 5.41) is 12.3. The third-order valence-electron chi connectivity index (χ3n) is 8.21. The predicted molar refractivity (Wildman–Crippen MR) is 112 cm³/mol. The number of ether oxygens (including phenoxy) is 3. The number of methoxy groups -OCH3 is 1. The molecule has 5 rings (SSSR count). The monoisotopic (exact) mass is 430 g/mol. The van der Waals surface area contributed by atoms with Crippen molar-refractivity contribution in [1.29, 1.82) is 0 Å². The molecule has 1 N–H and O–H groups in total. The highest BCUT2D eigenvalue weighted by Gasteiger charge is 2.76. The van der Waals surface area contributed by atoms with Crippen molar-refractivity contribution in [1.82, 2.24) is 0 Å². The van der Waals surface area contributed by atoms with Gasteiger partial charge in [0.05, 0.1) is 31.5 Å². The van der Waals surface area contributed by atoms with Crippen LogP contribution in [-0.4, -0.2) is 66.5 Å². The average Bonchev–Trinajstić information content (AvgIpc) is 3.07. The van der Waals surface area contributed by atoms with Crippen LogP contribution >= 0.6 is 0 Å². The Balaban J connectivity index is 1.61. The molecule has 0 radical (unpaired) electrons. The van der Waals surface area contributed by atoms with E-state index in [1.807, 2.05) is 32.9 Å². The first-order chi connectivity index (χ1) is 14.5. The molecule has 2 aliphatic carbocycles. The van der Waals surface area contributed by atoms with Crippen LogP contribution < -0.4 is 9.47 Å². The van der Waals surface area contributed by atoms with Crippen molar-refractivity contribution < 1.29 is 33.4 Å². The summed E-state index contributed by atoms with van der Waals surface area (Å²) in [4.78, 5) is 25.5. The van der Waals surface area contributed by atoms with E-state index in [1.54, 1.807) is 7.11 Å². The summed E-state index contributed by atoms with van der Waals surface area (Å²) in [7, 11) is 3.65. The van der Waals surface area contributed by atoms with E-state index in [9.17, 15) is 14.7 Å². The van der Waals surface area contributed by atoms with Crippen LogP contribution in [0.1, 0.15) is 51.2 Å². The number of aliphatic hydroxyl groups is 1. The fraction of sp³-hybridized carbons (Fsp3) is 0.667. The van der Waals surface area contributed by atoms with Gasteiger partial charge in [-0.2, -0.15) is 0 Å². The van der Waals surface area contributed by atoms with E-state index >= 15 is 0 Å². The molecule has 2 heterocycles. The number of hydrogen-bond acceptors (Lipinski definition) is 6. The molecule has 0 amide bonds. The number of nitrogens with zero attached hydrogens (tertiary/aromatic N) is 1. The Labute approximate surface area is 182 Å². The second kappa shape index (κ2) is 6.23. The van der Waals surface area contributed by atoms with Gasteiger partial charge in [-0.1, -0.05) is 6.07 Å². The Morgan fingerprint density at radius 3 is 2.74 bits per heavy atom. The largest absolute Gasteiger partial charge is 0.493 e. The van der Waals surface area contributed by atoms with Crippen LogP contribution in [0.25, 0.3) is 0 Å². The molecule has 2 fully saturated rings. The lowest BCUT2D eigenvalue weighted by molar-refractivity contribution is -0.963. The van der Waals surface area contributed by atoms with Gasteiger partial charge in [-0.3, -0.25) is 14.1 Å². The molecule has 1 spiro atoms. The Morgan fingerprint density at radius 1 is 1.32 bits per heavy atom. The number of ketones is 1. The molecule has 1 aromatic rings. The highest BCUT2D eigenvalue weighted by atomic mass is 16.6. The van der Waals surface area contributed by atoms with Crippen LogP contribution in [-0.2, 0) is 26.2 Å². The van der Waals surface area contributed by atoms with E-state index < -0.39 is 22.5 Å². The predicted octanol–water partition coefficient (Wildman–Crippen LogP) is 2.11. The third-order valence-corrected chi connectivity index (χ3v) is 8.21. The third kappa shape index (κ3) is 2.47. The van der Waals surface area contributed by atoms with Crippen LogP contribution in [0, 0.1) is 5.41 Å². The van der Waals surface area contributed by atoms with Crippen LogP contribution in [0.5, 0.6) is 11.5 Å². The first kappa shape index (κ1) is 20.8. The first-order valence-electron chi connectivity index (χ1n) is 11.1. The van der Waals surface area contributed by atoms with E-state index in [1.165, 1.54) is 0 Å². The fourth-order valence-electron chi connectivity index (χ4n) is 6.56. The van der Waals surface area contributed by atoms with Gasteiger partial charge < -0.3 is 19.3 Å². The molecule has 168 valence electrons. The summed E-state index contributed by atoms with van der Waals surface area (Å²) in [6, 6.07) is 3.73.